The van der Waals surface area contributed by atoms with E-state index in [4.69, 9.17) is 10.5 Å². The van der Waals surface area contributed by atoms with E-state index < -0.39 is 16.9 Å². The Morgan fingerprint density at radius 2 is 1.81 bits per heavy atom. The number of hydrogen-bond acceptors (Lipinski definition) is 6. The number of primary amides is 1. The number of hydrazine groups is 1. The normalized spacial score (nSPS) is 12.2. The highest BCUT2D eigenvalue weighted by atomic mass is 16.6. The molecule has 0 saturated carbocycles. The molecule has 1 aliphatic rings. The SMILES string of the molecule is COc1cc(-c2ccc3c(c2)Nc2ccccc2N(NC(N)=O)C3=O)ccc1[N+](=O)[O-]. The molecule has 0 atom stereocenters. The molecular weight excluding hydrogens is 402 g/mol. The first-order chi connectivity index (χ1) is 14.9. The summed E-state index contributed by atoms with van der Waals surface area (Å²) < 4.78 is 5.15. The van der Waals surface area contributed by atoms with E-state index in [1.807, 2.05) is 0 Å². The number of nitrogens with zero attached hydrogens (tertiary/aromatic N) is 2. The van der Waals surface area contributed by atoms with Crippen molar-refractivity contribution in [3.63, 3.8) is 0 Å². The number of amides is 3. The minimum atomic E-state index is -0.874. The Balaban J connectivity index is 1.81. The van der Waals surface area contributed by atoms with Gasteiger partial charge in [-0.05, 0) is 47.5 Å². The lowest BCUT2D eigenvalue weighted by Crippen LogP contribution is -2.48. The molecule has 0 radical (unpaired) electrons. The molecule has 4 N–H and O–H groups in total. The molecule has 1 heterocycles. The molecular formula is C21H17N5O5. The van der Waals surface area contributed by atoms with E-state index in [0.717, 1.165) is 5.01 Å². The molecule has 10 nitrogen and oxygen atoms in total. The highest BCUT2D eigenvalue weighted by Gasteiger charge is 2.28. The van der Waals surface area contributed by atoms with Gasteiger partial charge in [0.1, 0.15) is 0 Å². The van der Waals surface area contributed by atoms with Gasteiger partial charge in [-0.15, -0.1) is 0 Å². The van der Waals surface area contributed by atoms with Crippen LogP contribution in [0.2, 0.25) is 0 Å². The first-order valence-corrected chi connectivity index (χ1v) is 9.12. The van der Waals surface area contributed by atoms with Crippen molar-refractivity contribution < 1.29 is 19.2 Å². The van der Waals surface area contributed by atoms with E-state index in [1.54, 1.807) is 54.6 Å². The predicted octanol–water partition coefficient (Wildman–Crippen LogP) is 3.56. The molecule has 3 aromatic carbocycles. The maximum Gasteiger partial charge on any atom is 0.331 e. The van der Waals surface area contributed by atoms with Crippen molar-refractivity contribution >= 4 is 34.7 Å². The molecule has 0 fully saturated rings. The third-order valence-corrected chi connectivity index (χ3v) is 4.80. The fourth-order valence-electron chi connectivity index (χ4n) is 3.39. The van der Waals surface area contributed by atoms with E-state index in [-0.39, 0.29) is 11.4 Å². The Labute approximate surface area is 176 Å². The molecule has 1 aliphatic heterocycles. The molecule has 0 bridgehead atoms. The Hall–Kier alpha value is -4.60. The predicted molar refractivity (Wildman–Crippen MR) is 114 cm³/mol. The molecule has 156 valence electrons. The average molecular weight is 419 g/mol. The summed E-state index contributed by atoms with van der Waals surface area (Å²) in [5.41, 5.74) is 10.7. The highest BCUT2D eigenvalue weighted by molar-refractivity contribution is 6.14. The topological polar surface area (TPSA) is 140 Å². The quantitative estimate of drug-likeness (QED) is 0.436. The second kappa shape index (κ2) is 7.67. The number of carbonyl (C=O) groups excluding carboxylic acids is 2. The van der Waals surface area contributed by atoms with Gasteiger partial charge in [0.2, 0.25) is 0 Å². The van der Waals surface area contributed by atoms with E-state index in [9.17, 15) is 19.7 Å². The number of carbonyl (C=O) groups is 2. The lowest BCUT2D eigenvalue weighted by Gasteiger charge is -2.21. The maximum atomic E-state index is 13.1. The zero-order chi connectivity index (χ0) is 22.1. The summed E-state index contributed by atoms with van der Waals surface area (Å²) in [7, 11) is 1.36. The summed E-state index contributed by atoms with van der Waals surface area (Å²) in [5, 5.41) is 15.5. The molecule has 0 spiro atoms. The van der Waals surface area contributed by atoms with Gasteiger partial charge >= 0.3 is 11.7 Å². The van der Waals surface area contributed by atoms with Crippen LogP contribution in [0.4, 0.5) is 27.5 Å². The second-order valence-corrected chi connectivity index (χ2v) is 6.66. The lowest BCUT2D eigenvalue weighted by atomic mass is 10.0. The summed E-state index contributed by atoms with van der Waals surface area (Å²) in [6.45, 7) is 0. The zero-order valence-electron chi connectivity index (χ0n) is 16.3. The van der Waals surface area contributed by atoms with Crippen LogP contribution >= 0.6 is 0 Å². The van der Waals surface area contributed by atoms with Crippen LogP contribution in [-0.4, -0.2) is 24.0 Å². The molecule has 0 aromatic heterocycles. The highest BCUT2D eigenvalue weighted by Crippen LogP contribution is 2.38. The summed E-state index contributed by atoms with van der Waals surface area (Å²) in [6.07, 6.45) is 0. The number of urea groups is 1. The monoisotopic (exact) mass is 419 g/mol. The largest absolute Gasteiger partial charge is 0.490 e. The summed E-state index contributed by atoms with van der Waals surface area (Å²) in [5.74, 6) is -0.345. The third-order valence-electron chi connectivity index (χ3n) is 4.80. The van der Waals surface area contributed by atoms with Gasteiger partial charge in [-0.25, -0.2) is 15.2 Å². The van der Waals surface area contributed by atoms with Gasteiger partial charge in [0, 0.05) is 6.07 Å². The number of nitrogens with two attached hydrogens (primary N) is 1. The van der Waals surface area contributed by atoms with Gasteiger partial charge in [0.15, 0.2) is 5.75 Å². The summed E-state index contributed by atoms with van der Waals surface area (Å²) in [6, 6.07) is 15.7. The first kappa shape index (κ1) is 19.7. The van der Waals surface area contributed by atoms with E-state index in [0.29, 0.717) is 33.8 Å². The number of nitro benzene ring substituents is 1. The van der Waals surface area contributed by atoms with Gasteiger partial charge in [-0.1, -0.05) is 18.2 Å². The Kier molecular flexibility index (Phi) is 4.88. The third kappa shape index (κ3) is 3.57. The lowest BCUT2D eigenvalue weighted by molar-refractivity contribution is -0.385. The summed E-state index contributed by atoms with van der Waals surface area (Å²) >= 11 is 0. The number of rotatable bonds is 4. The number of fused-ring (bicyclic) bond motifs is 2. The van der Waals surface area contributed by atoms with E-state index in [2.05, 4.69) is 10.7 Å². The van der Waals surface area contributed by atoms with Gasteiger partial charge in [0.25, 0.3) is 5.91 Å². The van der Waals surface area contributed by atoms with Crippen molar-refractivity contribution in [1.29, 1.82) is 0 Å². The fourth-order valence-corrected chi connectivity index (χ4v) is 3.39. The minimum absolute atomic E-state index is 0.128. The second-order valence-electron chi connectivity index (χ2n) is 6.66. The fraction of sp³-hybridized carbons (Fsp3) is 0.0476. The van der Waals surface area contributed by atoms with Crippen LogP contribution in [0.3, 0.4) is 0 Å². The van der Waals surface area contributed by atoms with Gasteiger partial charge < -0.3 is 15.8 Å². The van der Waals surface area contributed by atoms with Crippen molar-refractivity contribution in [2.45, 2.75) is 0 Å². The van der Waals surface area contributed by atoms with E-state index >= 15 is 0 Å². The van der Waals surface area contributed by atoms with Crippen LogP contribution in [0.1, 0.15) is 10.4 Å². The number of methoxy groups -OCH3 is 1. The Morgan fingerprint density at radius 1 is 1.10 bits per heavy atom. The Morgan fingerprint density at radius 3 is 2.52 bits per heavy atom. The van der Waals surface area contributed by atoms with Crippen molar-refractivity contribution in [3.05, 3.63) is 76.3 Å². The van der Waals surface area contributed by atoms with Crippen molar-refractivity contribution in [2.24, 2.45) is 5.73 Å². The smallest absolute Gasteiger partial charge is 0.331 e. The molecule has 0 unspecified atom stereocenters. The van der Waals surface area contributed by atoms with Gasteiger partial charge in [0.05, 0.1) is 34.7 Å². The molecule has 4 rings (SSSR count). The minimum Gasteiger partial charge on any atom is -0.490 e. The van der Waals surface area contributed by atoms with Crippen LogP contribution in [-0.2, 0) is 0 Å². The van der Waals surface area contributed by atoms with E-state index in [1.165, 1.54) is 13.2 Å². The molecule has 31 heavy (non-hydrogen) atoms. The van der Waals surface area contributed by atoms with Crippen LogP contribution < -0.4 is 26.2 Å². The van der Waals surface area contributed by atoms with Crippen molar-refractivity contribution in [1.82, 2.24) is 5.43 Å². The molecule has 0 saturated heterocycles. The van der Waals surface area contributed by atoms with Crippen LogP contribution in [0, 0.1) is 10.1 Å². The molecule has 0 aliphatic carbocycles. The van der Waals surface area contributed by atoms with Crippen molar-refractivity contribution in [2.75, 3.05) is 17.4 Å². The maximum absolute atomic E-state index is 13.1. The van der Waals surface area contributed by atoms with Crippen LogP contribution in [0.5, 0.6) is 5.75 Å². The standard InChI is InChI=1S/C21H17N5O5/c1-31-19-11-13(7-9-18(19)26(29)30)12-6-8-14-16(10-12)23-15-4-2-3-5-17(15)25(20(14)27)24-21(22)28/h2-11,23H,1H3,(H3,22,24,28). The van der Waals surface area contributed by atoms with Crippen molar-refractivity contribution in [3.8, 4) is 16.9 Å². The number of para-hydroxylation sites is 2. The molecule has 3 amide bonds. The van der Waals surface area contributed by atoms with Gasteiger partial charge in [-0.3, -0.25) is 14.9 Å². The number of nitrogens with one attached hydrogen (secondary N) is 2. The summed E-state index contributed by atoms with van der Waals surface area (Å²) in [4.78, 5) is 35.2. The Bertz CT molecular complexity index is 1230. The molecule has 10 heteroatoms. The number of hydrogen-bond donors (Lipinski definition) is 3. The van der Waals surface area contributed by atoms with Crippen LogP contribution in [0.25, 0.3) is 11.1 Å². The average Bonchev–Trinajstić information content (AvgIpc) is 2.87. The molecule has 3 aromatic rings. The first-order valence-electron chi connectivity index (χ1n) is 9.12. The van der Waals surface area contributed by atoms with Crippen LogP contribution in [0.15, 0.2) is 60.7 Å². The number of nitro groups is 1. The number of ether oxygens (including phenoxy) is 1. The number of anilines is 3. The number of benzene rings is 3. The van der Waals surface area contributed by atoms with Gasteiger partial charge in [-0.2, -0.15) is 0 Å². The zero-order valence-corrected chi connectivity index (χ0v) is 16.3.